The first-order chi connectivity index (χ1) is 20.6. The summed E-state index contributed by atoms with van der Waals surface area (Å²) < 4.78 is 25.9. The number of aryl methyl sites for hydroxylation is 1. The Labute approximate surface area is 256 Å². The highest BCUT2D eigenvalue weighted by Crippen LogP contribution is 2.34. The van der Waals surface area contributed by atoms with E-state index in [1.807, 2.05) is 24.3 Å². The van der Waals surface area contributed by atoms with Crippen molar-refractivity contribution in [3.05, 3.63) is 59.4 Å². The van der Waals surface area contributed by atoms with E-state index < -0.39 is 11.8 Å². The van der Waals surface area contributed by atoms with E-state index >= 15 is 0 Å². The number of esters is 1. The largest absolute Gasteiger partial charge is 0.493 e. The van der Waals surface area contributed by atoms with Crippen LogP contribution in [0.5, 0.6) is 11.5 Å². The van der Waals surface area contributed by atoms with Gasteiger partial charge in [-0.2, -0.15) is 0 Å². The van der Waals surface area contributed by atoms with Gasteiger partial charge < -0.3 is 9.47 Å². The highest BCUT2D eigenvalue weighted by Gasteiger charge is 2.21. The van der Waals surface area contributed by atoms with Crippen LogP contribution in [-0.2, 0) is 6.42 Å². The van der Waals surface area contributed by atoms with E-state index in [4.69, 9.17) is 9.47 Å². The molecule has 0 bridgehead atoms. The van der Waals surface area contributed by atoms with E-state index in [0.29, 0.717) is 18.1 Å². The third kappa shape index (κ3) is 13.3. The zero-order chi connectivity index (χ0) is 29.8. The maximum Gasteiger partial charge on any atom is 0.346 e. The van der Waals surface area contributed by atoms with Crippen molar-refractivity contribution in [1.82, 2.24) is 0 Å². The molecule has 1 aliphatic carbocycles. The van der Waals surface area contributed by atoms with Gasteiger partial charge in [-0.05, 0) is 60.9 Å². The Kier molecular flexibility index (Phi) is 16.7. The van der Waals surface area contributed by atoms with Crippen LogP contribution in [0, 0.1) is 17.7 Å². The fraction of sp³-hybridized carbons (Fsp3) is 0.658. The van der Waals surface area contributed by atoms with Gasteiger partial charge in [-0.3, -0.25) is 0 Å². The highest BCUT2D eigenvalue weighted by molar-refractivity contribution is 5.91. The first-order valence-electron chi connectivity index (χ1n) is 17.3. The zero-order valence-electron chi connectivity index (χ0n) is 26.6. The quantitative estimate of drug-likeness (QED) is 0.0837. The summed E-state index contributed by atoms with van der Waals surface area (Å²) >= 11 is 0. The number of unbranched alkanes of at least 4 members (excludes halogenated alkanes) is 11. The minimum Gasteiger partial charge on any atom is -0.493 e. The van der Waals surface area contributed by atoms with Gasteiger partial charge in [-0.1, -0.05) is 135 Å². The number of carbonyl (C=O) groups is 1. The van der Waals surface area contributed by atoms with Crippen molar-refractivity contribution in [3.8, 4) is 11.5 Å². The normalized spacial score (nSPS) is 16.8. The maximum absolute atomic E-state index is 14.7. The molecule has 234 valence electrons. The molecular weight excluding hydrogens is 523 g/mol. The lowest BCUT2D eigenvalue weighted by atomic mass is 9.78. The molecule has 1 aliphatic rings. The molecule has 2 aromatic carbocycles. The van der Waals surface area contributed by atoms with Crippen molar-refractivity contribution in [1.29, 1.82) is 0 Å². The number of hydrogen-bond donors (Lipinski definition) is 0. The molecule has 0 atom stereocenters. The molecule has 1 fully saturated rings. The van der Waals surface area contributed by atoms with Crippen molar-refractivity contribution >= 4 is 5.97 Å². The number of halogens is 1. The van der Waals surface area contributed by atoms with E-state index in [1.165, 1.54) is 127 Å². The van der Waals surface area contributed by atoms with Gasteiger partial charge in [0.1, 0.15) is 17.3 Å². The van der Waals surface area contributed by atoms with Gasteiger partial charge in [0, 0.05) is 6.07 Å². The van der Waals surface area contributed by atoms with Crippen LogP contribution in [0.25, 0.3) is 0 Å². The van der Waals surface area contributed by atoms with Gasteiger partial charge in [-0.25, -0.2) is 9.18 Å². The minimum atomic E-state index is -0.683. The summed E-state index contributed by atoms with van der Waals surface area (Å²) in [6.07, 6.45) is 25.9. The molecule has 0 aliphatic heterocycles. The fourth-order valence-electron chi connectivity index (χ4n) is 6.28. The molecule has 3 rings (SSSR count). The van der Waals surface area contributed by atoms with Crippen LogP contribution in [0.4, 0.5) is 4.39 Å². The number of carbonyl (C=O) groups excluding carboxylic acids is 1. The summed E-state index contributed by atoms with van der Waals surface area (Å²) in [6, 6.07) is 12.1. The smallest absolute Gasteiger partial charge is 0.346 e. The molecule has 3 nitrogen and oxygen atoms in total. The van der Waals surface area contributed by atoms with Crippen LogP contribution in [0.2, 0.25) is 0 Å². The third-order valence-electron chi connectivity index (χ3n) is 9.08. The van der Waals surface area contributed by atoms with Gasteiger partial charge >= 0.3 is 5.97 Å². The Morgan fingerprint density at radius 2 is 1.24 bits per heavy atom. The van der Waals surface area contributed by atoms with Gasteiger partial charge in [-0.15, -0.1) is 0 Å². The predicted octanol–water partition coefficient (Wildman–Crippen LogP) is 11.7. The first kappa shape index (κ1) is 34.1. The number of hydrogen-bond acceptors (Lipinski definition) is 3. The molecule has 0 amide bonds. The van der Waals surface area contributed by atoms with Crippen LogP contribution in [-0.4, -0.2) is 12.6 Å². The summed E-state index contributed by atoms with van der Waals surface area (Å²) in [5.74, 6) is 1.38. The number of benzene rings is 2. The Morgan fingerprint density at radius 3 is 1.86 bits per heavy atom. The van der Waals surface area contributed by atoms with Gasteiger partial charge in [0.05, 0.1) is 12.2 Å². The summed E-state index contributed by atoms with van der Waals surface area (Å²) in [5, 5.41) is 0. The van der Waals surface area contributed by atoms with Crippen LogP contribution < -0.4 is 9.47 Å². The van der Waals surface area contributed by atoms with E-state index in [-0.39, 0.29) is 5.56 Å². The van der Waals surface area contributed by atoms with Crippen molar-refractivity contribution in [2.24, 2.45) is 11.8 Å². The Bertz CT molecular complexity index is 994. The molecule has 2 aromatic rings. The lowest BCUT2D eigenvalue weighted by Crippen LogP contribution is -2.15. The van der Waals surface area contributed by atoms with Gasteiger partial charge in [0.2, 0.25) is 0 Å². The van der Waals surface area contributed by atoms with Crippen molar-refractivity contribution in [2.75, 3.05) is 6.61 Å². The molecule has 0 spiro atoms. The summed E-state index contributed by atoms with van der Waals surface area (Å²) in [6.45, 7) is 5.09. The zero-order valence-corrected chi connectivity index (χ0v) is 26.6. The van der Waals surface area contributed by atoms with E-state index in [1.54, 1.807) is 6.07 Å². The van der Waals surface area contributed by atoms with Crippen LogP contribution in [0.3, 0.4) is 0 Å². The monoisotopic (exact) mass is 580 g/mol. The topological polar surface area (TPSA) is 35.5 Å². The Hall–Kier alpha value is -2.36. The molecule has 0 unspecified atom stereocenters. The lowest BCUT2D eigenvalue weighted by molar-refractivity contribution is 0.0729. The lowest BCUT2D eigenvalue weighted by Gasteiger charge is -2.28. The van der Waals surface area contributed by atoms with E-state index in [0.717, 1.165) is 31.1 Å². The van der Waals surface area contributed by atoms with E-state index in [2.05, 4.69) is 13.8 Å². The molecule has 0 saturated heterocycles. The van der Waals surface area contributed by atoms with Gasteiger partial charge in [0.25, 0.3) is 0 Å². The summed E-state index contributed by atoms with van der Waals surface area (Å²) in [4.78, 5) is 12.6. The molecule has 0 N–H and O–H groups in total. The molecule has 0 radical (unpaired) electrons. The Morgan fingerprint density at radius 1 is 0.690 bits per heavy atom. The molecule has 4 heteroatoms. The summed E-state index contributed by atoms with van der Waals surface area (Å²) in [7, 11) is 0. The SMILES string of the molecule is CCCCCCCCCCCCOc1ccc(C(=O)Oc2ccc(CCC3CCC(CCCCC)CC3)cc2)c(F)c1. The van der Waals surface area contributed by atoms with Crippen LogP contribution >= 0.6 is 0 Å². The van der Waals surface area contributed by atoms with E-state index in [9.17, 15) is 9.18 Å². The van der Waals surface area contributed by atoms with Crippen molar-refractivity contribution in [3.63, 3.8) is 0 Å². The second-order valence-corrected chi connectivity index (χ2v) is 12.6. The molecule has 1 saturated carbocycles. The molecule has 42 heavy (non-hydrogen) atoms. The van der Waals surface area contributed by atoms with Gasteiger partial charge in [0.15, 0.2) is 0 Å². The Balaban J connectivity index is 1.30. The molecule has 0 aromatic heterocycles. The third-order valence-corrected chi connectivity index (χ3v) is 9.08. The second kappa shape index (κ2) is 20.5. The average Bonchev–Trinajstić information content (AvgIpc) is 3.00. The maximum atomic E-state index is 14.7. The minimum absolute atomic E-state index is 0.0735. The number of rotatable bonds is 21. The number of ether oxygens (including phenoxy) is 2. The standard InChI is InChI=1S/C38H57FO3/c1-3-5-7-8-9-10-11-12-13-15-29-41-35-27-28-36(37(39)30-35)38(40)42-34-25-23-33(24-26-34)22-21-32-19-17-31(18-20-32)16-14-6-4-2/h23-28,30-32H,3-22,29H2,1-2H3. The van der Waals surface area contributed by atoms with Crippen LogP contribution in [0.15, 0.2) is 42.5 Å². The summed E-state index contributed by atoms with van der Waals surface area (Å²) in [5.41, 5.74) is 1.19. The predicted molar refractivity (Wildman–Crippen MR) is 173 cm³/mol. The first-order valence-corrected chi connectivity index (χ1v) is 17.3. The highest BCUT2D eigenvalue weighted by atomic mass is 19.1. The van der Waals surface area contributed by atoms with Crippen molar-refractivity contribution < 1.29 is 18.7 Å². The molecular formula is C38H57FO3. The van der Waals surface area contributed by atoms with Crippen molar-refractivity contribution in [2.45, 2.75) is 142 Å². The van der Waals surface area contributed by atoms with Crippen LogP contribution in [0.1, 0.15) is 152 Å². The average molecular weight is 581 g/mol. The molecule has 0 heterocycles. The fourth-order valence-corrected chi connectivity index (χ4v) is 6.28. The second-order valence-electron chi connectivity index (χ2n) is 12.6.